The molecule has 1 heterocycles. The number of nitrogens with one attached hydrogen (secondary N) is 1. The van der Waals surface area contributed by atoms with Gasteiger partial charge < -0.3 is 14.2 Å². The molecule has 2 aromatic carbocycles. The third kappa shape index (κ3) is 5.40. The summed E-state index contributed by atoms with van der Waals surface area (Å²) < 4.78 is 15.8. The highest BCUT2D eigenvalue weighted by atomic mass is 16.5. The van der Waals surface area contributed by atoms with Gasteiger partial charge in [0, 0.05) is 24.6 Å². The molecule has 10 heteroatoms. The molecule has 0 radical (unpaired) electrons. The Hall–Kier alpha value is -4.08. The van der Waals surface area contributed by atoms with Gasteiger partial charge in [0.25, 0.3) is 11.8 Å². The van der Waals surface area contributed by atoms with Crippen molar-refractivity contribution in [1.82, 2.24) is 10.4 Å². The first-order chi connectivity index (χ1) is 15.9. The van der Waals surface area contributed by atoms with Crippen LogP contribution in [0.3, 0.4) is 0 Å². The van der Waals surface area contributed by atoms with Crippen molar-refractivity contribution in [2.45, 2.75) is 25.8 Å². The van der Waals surface area contributed by atoms with Gasteiger partial charge >= 0.3 is 0 Å². The smallest absolute Gasteiger partial charge is 0.276 e. The summed E-state index contributed by atoms with van der Waals surface area (Å²) in [4.78, 5) is 51.9. The van der Waals surface area contributed by atoms with Crippen molar-refractivity contribution in [3.8, 4) is 17.2 Å². The quantitative estimate of drug-likeness (QED) is 0.476. The number of methoxy groups -OCH3 is 2. The summed E-state index contributed by atoms with van der Waals surface area (Å²) in [5.41, 5.74) is 2.66. The number of benzene rings is 2. The van der Waals surface area contributed by atoms with Gasteiger partial charge in [-0.3, -0.25) is 24.6 Å². The maximum atomic E-state index is 13.2. The molecule has 4 amide bonds. The predicted molar refractivity (Wildman–Crippen MR) is 118 cm³/mol. The van der Waals surface area contributed by atoms with Gasteiger partial charge in [-0.15, -0.1) is 0 Å². The van der Waals surface area contributed by atoms with E-state index in [-0.39, 0.29) is 25.1 Å². The molecule has 2 aromatic rings. The molecule has 33 heavy (non-hydrogen) atoms. The van der Waals surface area contributed by atoms with Crippen molar-refractivity contribution in [2.75, 3.05) is 25.7 Å². The second-order valence-corrected chi connectivity index (χ2v) is 7.11. The number of para-hydroxylation sites is 1. The summed E-state index contributed by atoms with van der Waals surface area (Å²) in [5, 5.41) is 0.911. The fourth-order valence-corrected chi connectivity index (χ4v) is 3.33. The molecule has 10 nitrogen and oxygen atoms in total. The third-order valence-corrected chi connectivity index (χ3v) is 4.96. The van der Waals surface area contributed by atoms with Gasteiger partial charge in [0.2, 0.25) is 11.8 Å². The van der Waals surface area contributed by atoms with Crippen LogP contribution in [0, 0.1) is 0 Å². The van der Waals surface area contributed by atoms with E-state index < -0.39 is 29.7 Å². The second-order valence-electron chi connectivity index (χ2n) is 7.11. The number of amides is 4. The summed E-state index contributed by atoms with van der Waals surface area (Å²) in [7, 11) is 2.90. The largest absolute Gasteiger partial charge is 0.497 e. The highest BCUT2D eigenvalue weighted by Gasteiger charge is 2.45. The lowest BCUT2D eigenvalue weighted by Gasteiger charge is -2.27. The van der Waals surface area contributed by atoms with Crippen LogP contribution in [0.2, 0.25) is 0 Å². The first-order valence-corrected chi connectivity index (χ1v) is 10.3. The van der Waals surface area contributed by atoms with E-state index in [4.69, 9.17) is 14.2 Å². The van der Waals surface area contributed by atoms with Gasteiger partial charge in [-0.05, 0) is 12.1 Å². The van der Waals surface area contributed by atoms with Crippen LogP contribution < -0.4 is 24.5 Å². The fraction of sp³-hybridized carbons (Fsp3) is 0.304. The van der Waals surface area contributed by atoms with Gasteiger partial charge in [0.15, 0.2) is 6.61 Å². The number of carbonyl (C=O) groups is 4. The number of hydrogen-bond donors (Lipinski definition) is 1. The zero-order valence-electron chi connectivity index (χ0n) is 18.6. The minimum Gasteiger partial charge on any atom is -0.497 e. The minimum atomic E-state index is -1.19. The molecule has 0 spiro atoms. The molecule has 1 aliphatic rings. The summed E-state index contributed by atoms with van der Waals surface area (Å²) >= 11 is 0. The lowest BCUT2D eigenvalue weighted by molar-refractivity contribution is -0.148. The average Bonchev–Trinajstić information content (AvgIpc) is 3.14. The molecule has 1 N–H and O–H groups in total. The van der Waals surface area contributed by atoms with Gasteiger partial charge in [-0.2, -0.15) is 0 Å². The van der Waals surface area contributed by atoms with Gasteiger partial charge in [-0.1, -0.05) is 25.1 Å². The molecule has 1 saturated heterocycles. The van der Waals surface area contributed by atoms with E-state index >= 15 is 0 Å². The minimum absolute atomic E-state index is 0.0186. The highest BCUT2D eigenvalue weighted by molar-refractivity contribution is 6.23. The number of nitrogens with zero attached hydrogens (tertiary/aromatic N) is 2. The molecule has 1 fully saturated rings. The molecule has 1 aliphatic heterocycles. The van der Waals surface area contributed by atoms with Crippen molar-refractivity contribution in [3.05, 3.63) is 48.5 Å². The van der Waals surface area contributed by atoms with Crippen LogP contribution in [0.15, 0.2) is 48.5 Å². The van der Waals surface area contributed by atoms with Crippen LogP contribution in [0.25, 0.3) is 0 Å². The van der Waals surface area contributed by atoms with Crippen molar-refractivity contribution in [3.63, 3.8) is 0 Å². The summed E-state index contributed by atoms with van der Waals surface area (Å²) in [6.07, 6.45) is -0.269. The fourth-order valence-electron chi connectivity index (χ4n) is 3.33. The maximum absolute atomic E-state index is 13.2. The van der Waals surface area contributed by atoms with Crippen LogP contribution in [-0.2, 0) is 19.2 Å². The monoisotopic (exact) mass is 455 g/mol. The number of rotatable bonds is 8. The molecule has 0 saturated carbocycles. The Morgan fingerprint density at radius 2 is 1.67 bits per heavy atom. The van der Waals surface area contributed by atoms with Gasteiger partial charge in [0.05, 0.1) is 26.3 Å². The molecule has 1 atom stereocenters. The van der Waals surface area contributed by atoms with Crippen molar-refractivity contribution < 1.29 is 33.4 Å². The van der Waals surface area contributed by atoms with E-state index in [9.17, 15) is 19.2 Å². The van der Waals surface area contributed by atoms with Crippen LogP contribution in [0.5, 0.6) is 17.2 Å². The van der Waals surface area contributed by atoms with E-state index in [2.05, 4.69) is 5.43 Å². The Balaban J connectivity index is 1.78. The Kier molecular flexibility index (Phi) is 7.50. The Labute approximate surface area is 191 Å². The molecule has 1 unspecified atom stereocenters. The highest BCUT2D eigenvalue weighted by Crippen LogP contribution is 2.32. The number of imide groups is 1. The SMILES string of the molecule is CCC(=O)N(NC(=O)COc1ccccc1)C1CC(=O)N(c2cc(OC)cc(OC)c2)C1=O. The number of hydrazine groups is 1. The normalized spacial score (nSPS) is 15.2. The first kappa shape index (κ1) is 23.6. The third-order valence-electron chi connectivity index (χ3n) is 4.96. The summed E-state index contributed by atoms with van der Waals surface area (Å²) in [6.45, 7) is 1.22. The Morgan fingerprint density at radius 1 is 1.03 bits per heavy atom. The number of ether oxygens (including phenoxy) is 3. The number of anilines is 1. The first-order valence-electron chi connectivity index (χ1n) is 10.3. The van der Waals surface area contributed by atoms with Crippen molar-refractivity contribution in [1.29, 1.82) is 0 Å². The molecule has 174 valence electrons. The molecular weight excluding hydrogens is 430 g/mol. The van der Waals surface area contributed by atoms with E-state index in [1.165, 1.54) is 26.4 Å². The van der Waals surface area contributed by atoms with E-state index in [0.29, 0.717) is 17.2 Å². The van der Waals surface area contributed by atoms with Crippen molar-refractivity contribution in [2.24, 2.45) is 0 Å². The van der Waals surface area contributed by atoms with Crippen LogP contribution in [0.4, 0.5) is 5.69 Å². The average molecular weight is 455 g/mol. The molecule has 0 bridgehead atoms. The van der Waals surface area contributed by atoms with E-state index in [1.807, 2.05) is 0 Å². The molecule has 0 aromatic heterocycles. The lowest BCUT2D eigenvalue weighted by atomic mass is 10.2. The summed E-state index contributed by atoms with van der Waals surface area (Å²) in [6, 6.07) is 12.1. The number of hydrogen-bond acceptors (Lipinski definition) is 7. The lowest BCUT2D eigenvalue weighted by Crippen LogP contribution is -2.55. The number of carbonyl (C=O) groups excluding carboxylic acids is 4. The predicted octanol–water partition coefficient (Wildman–Crippen LogP) is 1.68. The Morgan fingerprint density at radius 3 is 2.24 bits per heavy atom. The van der Waals surface area contributed by atoms with Crippen LogP contribution in [-0.4, -0.2) is 55.5 Å². The second kappa shape index (κ2) is 10.5. The van der Waals surface area contributed by atoms with Gasteiger partial charge in [0.1, 0.15) is 23.3 Å². The van der Waals surface area contributed by atoms with E-state index in [0.717, 1.165) is 9.91 Å². The van der Waals surface area contributed by atoms with Gasteiger partial charge in [-0.25, -0.2) is 9.91 Å². The Bertz CT molecular complexity index is 1020. The maximum Gasteiger partial charge on any atom is 0.276 e. The molecule has 3 rings (SSSR count). The molecular formula is C23H25N3O7. The summed E-state index contributed by atoms with van der Waals surface area (Å²) in [5.74, 6) is -1.07. The van der Waals surface area contributed by atoms with Crippen LogP contribution >= 0.6 is 0 Å². The topological polar surface area (TPSA) is 114 Å². The van der Waals surface area contributed by atoms with E-state index in [1.54, 1.807) is 43.3 Å². The standard InChI is InChI=1S/C23H25N3O7/c1-4-21(28)26(24-20(27)14-33-16-8-6-5-7-9-16)19-13-22(29)25(23(19)30)15-10-17(31-2)12-18(11-15)32-3/h5-12,19H,4,13-14H2,1-3H3,(H,24,27). The van der Waals surface area contributed by atoms with Crippen LogP contribution in [0.1, 0.15) is 19.8 Å². The molecule has 0 aliphatic carbocycles. The van der Waals surface area contributed by atoms with Crippen molar-refractivity contribution >= 4 is 29.3 Å². The zero-order chi connectivity index (χ0) is 24.0. The zero-order valence-corrected chi connectivity index (χ0v) is 18.6.